The molecule has 7 heteroatoms. The first kappa shape index (κ1) is 18.6. The average molecular weight is 372 g/mol. The van der Waals surface area contributed by atoms with Crippen molar-refractivity contribution < 1.29 is 9.59 Å². The van der Waals surface area contributed by atoms with E-state index < -0.39 is 0 Å². The zero-order chi connectivity index (χ0) is 18.7. The van der Waals surface area contributed by atoms with Crippen molar-refractivity contribution >= 4 is 23.5 Å². The molecule has 1 amide bonds. The van der Waals surface area contributed by atoms with E-state index in [1.807, 2.05) is 31.7 Å². The molecule has 0 atom stereocenters. The molecule has 1 N–H and O–H groups in total. The third-order valence-corrected chi connectivity index (χ3v) is 5.26. The average Bonchev–Trinajstić information content (AvgIpc) is 3.30. The summed E-state index contributed by atoms with van der Waals surface area (Å²) in [4.78, 5) is 38.5. The fourth-order valence-electron chi connectivity index (χ4n) is 2.89. The summed E-state index contributed by atoms with van der Waals surface area (Å²) in [5.41, 5.74) is 1.92. The van der Waals surface area contributed by atoms with Crippen LogP contribution in [-0.4, -0.2) is 50.4 Å². The standard InChI is InChI=1S/C19H24N4O2S/c1-12(2)18-21-13(3)8-17(22-18)26-11-16(24)14-9-15(20-10-14)19(25)23-6-4-5-7-23/h8-10,12,20H,4-7,11H2,1-3H3. The van der Waals surface area contributed by atoms with Crippen molar-refractivity contribution in [3.63, 3.8) is 0 Å². The van der Waals surface area contributed by atoms with Crippen molar-refractivity contribution in [2.24, 2.45) is 0 Å². The van der Waals surface area contributed by atoms with E-state index in [0.717, 1.165) is 42.5 Å². The highest BCUT2D eigenvalue weighted by Gasteiger charge is 2.21. The molecule has 6 nitrogen and oxygen atoms in total. The van der Waals surface area contributed by atoms with Gasteiger partial charge in [0.05, 0.1) is 5.75 Å². The van der Waals surface area contributed by atoms with E-state index in [-0.39, 0.29) is 23.4 Å². The Morgan fingerprint density at radius 3 is 2.65 bits per heavy atom. The van der Waals surface area contributed by atoms with E-state index in [1.165, 1.54) is 11.8 Å². The smallest absolute Gasteiger partial charge is 0.270 e. The third kappa shape index (κ3) is 4.33. The molecule has 0 radical (unpaired) electrons. The molecular formula is C19H24N4O2S. The van der Waals surface area contributed by atoms with E-state index in [1.54, 1.807) is 12.3 Å². The zero-order valence-corrected chi connectivity index (χ0v) is 16.2. The summed E-state index contributed by atoms with van der Waals surface area (Å²) in [6, 6.07) is 3.55. The van der Waals surface area contributed by atoms with Crippen molar-refractivity contribution in [2.75, 3.05) is 18.8 Å². The fraction of sp³-hybridized carbons (Fsp3) is 0.474. The number of carbonyl (C=O) groups is 2. The van der Waals surface area contributed by atoms with Crippen LogP contribution in [-0.2, 0) is 0 Å². The minimum atomic E-state index is -0.0257. The van der Waals surface area contributed by atoms with Crippen LogP contribution in [0.5, 0.6) is 0 Å². The number of ketones is 1. The molecule has 0 saturated carbocycles. The molecule has 1 fully saturated rings. The number of H-pyrrole nitrogens is 1. The first-order chi connectivity index (χ1) is 12.4. The number of carbonyl (C=O) groups excluding carboxylic acids is 2. The van der Waals surface area contributed by atoms with E-state index >= 15 is 0 Å². The maximum Gasteiger partial charge on any atom is 0.270 e. The summed E-state index contributed by atoms with van der Waals surface area (Å²) in [5, 5.41) is 0.804. The molecule has 0 unspecified atom stereocenters. The second-order valence-electron chi connectivity index (χ2n) is 6.87. The number of nitrogens with zero attached hydrogens (tertiary/aromatic N) is 3. The first-order valence-electron chi connectivity index (χ1n) is 8.93. The number of aryl methyl sites for hydroxylation is 1. The largest absolute Gasteiger partial charge is 0.356 e. The highest BCUT2D eigenvalue weighted by molar-refractivity contribution is 7.99. The van der Waals surface area contributed by atoms with Gasteiger partial charge in [-0.05, 0) is 31.9 Å². The molecule has 3 heterocycles. The molecule has 2 aromatic heterocycles. The highest BCUT2D eigenvalue weighted by atomic mass is 32.2. The number of hydrogen-bond acceptors (Lipinski definition) is 5. The van der Waals surface area contributed by atoms with Crippen molar-refractivity contribution in [2.45, 2.75) is 44.6 Å². The summed E-state index contributed by atoms with van der Waals surface area (Å²) in [7, 11) is 0. The highest BCUT2D eigenvalue weighted by Crippen LogP contribution is 2.21. The summed E-state index contributed by atoms with van der Waals surface area (Å²) >= 11 is 1.40. The summed E-state index contributed by atoms with van der Waals surface area (Å²) in [6.07, 6.45) is 3.72. The Labute approximate surface area is 157 Å². The first-order valence-corrected chi connectivity index (χ1v) is 9.92. The minimum absolute atomic E-state index is 0.0194. The van der Waals surface area contributed by atoms with Crippen molar-refractivity contribution in [3.05, 3.63) is 41.1 Å². The predicted octanol–water partition coefficient (Wildman–Crippen LogP) is 3.45. The lowest BCUT2D eigenvalue weighted by atomic mass is 10.2. The summed E-state index contributed by atoms with van der Waals surface area (Å²) in [5.74, 6) is 1.27. The van der Waals surface area contributed by atoms with Crippen LogP contribution < -0.4 is 0 Å². The van der Waals surface area contributed by atoms with Gasteiger partial charge in [0.2, 0.25) is 0 Å². The lowest BCUT2D eigenvalue weighted by molar-refractivity contribution is 0.0787. The van der Waals surface area contributed by atoms with Gasteiger partial charge in [-0.3, -0.25) is 9.59 Å². The molecule has 2 aromatic rings. The van der Waals surface area contributed by atoms with Crippen LogP contribution in [0, 0.1) is 6.92 Å². The van der Waals surface area contributed by atoms with Gasteiger partial charge in [-0.15, -0.1) is 0 Å². The fourth-order valence-corrected chi connectivity index (χ4v) is 3.74. The van der Waals surface area contributed by atoms with Gasteiger partial charge in [-0.25, -0.2) is 9.97 Å². The van der Waals surface area contributed by atoms with Crippen LogP contribution in [0.25, 0.3) is 0 Å². The van der Waals surface area contributed by atoms with Gasteiger partial charge < -0.3 is 9.88 Å². The Bertz CT molecular complexity index is 810. The number of Topliss-reactive ketones (excluding diaryl/α,β-unsaturated/α-hetero) is 1. The summed E-state index contributed by atoms with van der Waals surface area (Å²) < 4.78 is 0. The molecular weight excluding hydrogens is 348 g/mol. The van der Waals surface area contributed by atoms with Crippen molar-refractivity contribution in [3.8, 4) is 0 Å². The number of amides is 1. The third-order valence-electron chi connectivity index (χ3n) is 4.34. The molecule has 3 rings (SSSR count). The molecule has 1 aliphatic heterocycles. The number of aromatic amines is 1. The van der Waals surface area contributed by atoms with Gasteiger partial charge in [0.25, 0.3) is 5.91 Å². The van der Waals surface area contributed by atoms with Gasteiger partial charge in [0.15, 0.2) is 5.78 Å². The van der Waals surface area contributed by atoms with E-state index in [2.05, 4.69) is 15.0 Å². The molecule has 0 aliphatic carbocycles. The van der Waals surface area contributed by atoms with Crippen molar-refractivity contribution in [1.82, 2.24) is 19.9 Å². The second-order valence-corrected chi connectivity index (χ2v) is 7.87. The maximum absolute atomic E-state index is 12.5. The monoisotopic (exact) mass is 372 g/mol. The number of hydrogen-bond donors (Lipinski definition) is 1. The zero-order valence-electron chi connectivity index (χ0n) is 15.4. The van der Waals surface area contributed by atoms with Crippen LogP contribution in [0.2, 0.25) is 0 Å². The number of thioether (sulfide) groups is 1. The van der Waals surface area contributed by atoms with Gasteiger partial charge in [0, 0.05) is 36.5 Å². The SMILES string of the molecule is Cc1cc(SCC(=O)c2c[nH]c(C(=O)N3CCCC3)c2)nc(C(C)C)n1. The quantitative estimate of drug-likeness (QED) is 0.477. The number of likely N-dealkylation sites (tertiary alicyclic amines) is 1. The van der Waals surface area contributed by atoms with E-state index in [0.29, 0.717) is 11.3 Å². The lowest BCUT2D eigenvalue weighted by Gasteiger charge is -2.13. The number of nitrogens with one attached hydrogen (secondary N) is 1. The number of aromatic nitrogens is 3. The number of rotatable bonds is 6. The molecule has 1 saturated heterocycles. The van der Waals surface area contributed by atoms with Gasteiger partial charge in [-0.1, -0.05) is 25.6 Å². The van der Waals surface area contributed by atoms with Gasteiger partial charge >= 0.3 is 0 Å². The minimum Gasteiger partial charge on any atom is -0.356 e. The Balaban J connectivity index is 1.63. The second kappa shape index (κ2) is 8.03. The van der Waals surface area contributed by atoms with E-state index in [9.17, 15) is 9.59 Å². The molecule has 0 spiro atoms. The normalized spacial score (nSPS) is 14.2. The lowest BCUT2D eigenvalue weighted by Crippen LogP contribution is -2.27. The van der Waals surface area contributed by atoms with Crippen molar-refractivity contribution in [1.29, 1.82) is 0 Å². The Morgan fingerprint density at radius 2 is 1.96 bits per heavy atom. The van der Waals surface area contributed by atoms with Gasteiger partial charge in [-0.2, -0.15) is 0 Å². The van der Waals surface area contributed by atoms with Crippen LogP contribution in [0.1, 0.15) is 65.0 Å². The molecule has 1 aliphatic rings. The Morgan fingerprint density at radius 1 is 1.23 bits per heavy atom. The van der Waals surface area contributed by atoms with Crippen LogP contribution in [0.15, 0.2) is 23.4 Å². The Hall–Kier alpha value is -2.15. The van der Waals surface area contributed by atoms with Crippen LogP contribution in [0.3, 0.4) is 0 Å². The predicted molar refractivity (Wildman–Crippen MR) is 102 cm³/mol. The molecule has 138 valence electrons. The van der Waals surface area contributed by atoms with Crippen LogP contribution >= 0.6 is 11.8 Å². The molecule has 0 bridgehead atoms. The van der Waals surface area contributed by atoms with Gasteiger partial charge in [0.1, 0.15) is 16.5 Å². The summed E-state index contributed by atoms with van der Waals surface area (Å²) in [6.45, 7) is 7.62. The topological polar surface area (TPSA) is 79.0 Å². The Kier molecular flexibility index (Phi) is 5.76. The van der Waals surface area contributed by atoms with Crippen LogP contribution in [0.4, 0.5) is 0 Å². The molecule has 0 aromatic carbocycles. The maximum atomic E-state index is 12.5. The molecule has 26 heavy (non-hydrogen) atoms. The van der Waals surface area contributed by atoms with E-state index in [4.69, 9.17) is 0 Å².